The van der Waals surface area contributed by atoms with Crippen LogP contribution in [0.1, 0.15) is 5.56 Å². The fourth-order valence-electron chi connectivity index (χ4n) is 1.44. The number of nitrogen functional groups attached to an aromatic ring is 1. The lowest BCUT2D eigenvalue weighted by Gasteiger charge is -2.04. The van der Waals surface area contributed by atoms with Crippen molar-refractivity contribution in [3.63, 3.8) is 0 Å². The van der Waals surface area contributed by atoms with E-state index >= 15 is 0 Å². The van der Waals surface area contributed by atoms with E-state index in [1.165, 1.54) is 17.1 Å². The minimum Gasteiger partial charge on any atom is -0.399 e. The van der Waals surface area contributed by atoms with E-state index in [1.807, 2.05) is 13.0 Å². The molecule has 6 heteroatoms. The van der Waals surface area contributed by atoms with Crippen molar-refractivity contribution < 1.29 is 8.42 Å². The second-order valence-electron chi connectivity index (χ2n) is 3.93. The highest BCUT2D eigenvalue weighted by Gasteiger charge is 2.10. The van der Waals surface area contributed by atoms with Gasteiger partial charge in [-0.25, -0.2) is 13.1 Å². The van der Waals surface area contributed by atoms with Crippen LogP contribution in [0, 0.1) is 6.92 Å². The van der Waals surface area contributed by atoms with Crippen LogP contribution in [-0.2, 0) is 9.84 Å². The second-order valence-corrected chi connectivity index (χ2v) is 5.95. The van der Waals surface area contributed by atoms with E-state index in [4.69, 9.17) is 5.73 Å². The highest BCUT2D eigenvalue weighted by Crippen LogP contribution is 2.17. The first kappa shape index (κ1) is 11.7. The Balaban J connectivity index is 2.47. The molecule has 1 aromatic carbocycles. The first-order valence-electron chi connectivity index (χ1n) is 4.99. The average molecular weight is 251 g/mol. The largest absolute Gasteiger partial charge is 0.399 e. The molecule has 1 heterocycles. The lowest BCUT2D eigenvalue weighted by molar-refractivity contribution is 0.602. The van der Waals surface area contributed by atoms with Gasteiger partial charge in [0.05, 0.1) is 11.9 Å². The molecule has 0 radical (unpaired) electrons. The first-order valence-corrected chi connectivity index (χ1v) is 6.88. The van der Waals surface area contributed by atoms with E-state index in [1.54, 1.807) is 12.1 Å². The van der Waals surface area contributed by atoms with Crippen molar-refractivity contribution in [2.24, 2.45) is 0 Å². The van der Waals surface area contributed by atoms with E-state index in [0.29, 0.717) is 5.69 Å². The van der Waals surface area contributed by atoms with Crippen molar-refractivity contribution in [1.29, 1.82) is 0 Å². The summed E-state index contributed by atoms with van der Waals surface area (Å²) in [6, 6.07) is 5.42. The van der Waals surface area contributed by atoms with Crippen LogP contribution in [0.4, 0.5) is 5.69 Å². The quantitative estimate of drug-likeness (QED) is 0.813. The molecule has 0 amide bonds. The molecule has 0 aliphatic rings. The molecule has 0 saturated carbocycles. The predicted molar refractivity (Wildman–Crippen MR) is 65.8 cm³/mol. The Morgan fingerprint density at radius 2 is 2.06 bits per heavy atom. The van der Waals surface area contributed by atoms with Crippen molar-refractivity contribution >= 4 is 15.5 Å². The van der Waals surface area contributed by atoms with E-state index < -0.39 is 9.84 Å². The van der Waals surface area contributed by atoms with Crippen molar-refractivity contribution in [2.75, 3.05) is 12.0 Å². The third-order valence-corrected chi connectivity index (χ3v) is 3.57. The third-order valence-electron chi connectivity index (χ3n) is 2.50. The van der Waals surface area contributed by atoms with Crippen molar-refractivity contribution in [3.8, 4) is 5.69 Å². The second kappa shape index (κ2) is 3.89. The molecule has 0 spiro atoms. The van der Waals surface area contributed by atoms with E-state index in [-0.39, 0.29) is 4.90 Å². The normalized spacial score (nSPS) is 11.6. The van der Waals surface area contributed by atoms with Crippen LogP contribution in [0.3, 0.4) is 0 Å². The van der Waals surface area contributed by atoms with Crippen LogP contribution >= 0.6 is 0 Å². The minimum atomic E-state index is -3.22. The summed E-state index contributed by atoms with van der Waals surface area (Å²) in [5, 5.41) is 4.02. The predicted octanol–water partition coefficient (Wildman–Crippen LogP) is 1.17. The number of nitrogens with zero attached hydrogens (tertiary/aromatic N) is 2. The molecule has 0 fully saturated rings. The average Bonchev–Trinajstić information content (AvgIpc) is 2.70. The van der Waals surface area contributed by atoms with Gasteiger partial charge in [-0.2, -0.15) is 5.10 Å². The van der Waals surface area contributed by atoms with Gasteiger partial charge in [0.15, 0.2) is 9.84 Å². The van der Waals surface area contributed by atoms with E-state index in [0.717, 1.165) is 17.5 Å². The number of benzene rings is 1. The molecular formula is C11H13N3O2S. The number of aryl methyl sites for hydroxylation is 1. The third kappa shape index (κ3) is 2.31. The van der Waals surface area contributed by atoms with E-state index in [2.05, 4.69) is 5.10 Å². The topological polar surface area (TPSA) is 78.0 Å². The Kier molecular flexibility index (Phi) is 2.66. The van der Waals surface area contributed by atoms with Crippen LogP contribution in [0.15, 0.2) is 35.5 Å². The molecule has 0 saturated heterocycles. The van der Waals surface area contributed by atoms with Crippen LogP contribution in [0.2, 0.25) is 0 Å². The smallest absolute Gasteiger partial charge is 0.178 e. The van der Waals surface area contributed by atoms with Gasteiger partial charge in [-0.05, 0) is 30.7 Å². The van der Waals surface area contributed by atoms with Gasteiger partial charge in [-0.15, -0.1) is 0 Å². The van der Waals surface area contributed by atoms with Crippen molar-refractivity contribution in [3.05, 3.63) is 36.2 Å². The summed E-state index contributed by atoms with van der Waals surface area (Å²) in [5.74, 6) is 0. The van der Waals surface area contributed by atoms with E-state index in [9.17, 15) is 8.42 Å². The SMILES string of the molecule is Cc1cc(-n2cc(S(C)(=O)=O)cn2)ccc1N. The molecule has 0 unspecified atom stereocenters. The summed E-state index contributed by atoms with van der Waals surface area (Å²) in [6.07, 6.45) is 3.98. The van der Waals surface area contributed by atoms with Gasteiger partial charge in [0.25, 0.3) is 0 Å². The first-order chi connectivity index (χ1) is 7.88. The molecule has 2 rings (SSSR count). The molecule has 2 aromatic rings. The monoisotopic (exact) mass is 251 g/mol. The van der Waals surface area contributed by atoms with Gasteiger partial charge in [0, 0.05) is 18.1 Å². The maximum absolute atomic E-state index is 11.3. The minimum absolute atomic E-state index is 0.201. The molecule has 0 bridgehead atoms. The Morgan fingerprint density at radius 3 is 2.59 bits per heavy atom. The lowest BCUT2D eigenvalue weighted by Crippen LogP contribution is -1.98. The number of sulfone groups is 1. The Bertz CT molecular complexity index is 659. The van der Waals surface area contributed by atoms with Crippen molar-refractivity contribution in [2.45, 2.75) is 11.8 Å². The summed E-state index contributed by atoms with van der Waals surface area (Å²) < 4.78 is 24.2. The summed E-state index contributed by atoms with van der Waals surface area (Å²) in [6.45, 7) is 1.89. The summed E-state index contributed by atoms with van der Waals surface area (Å²) >= 11 is 0. The Labute approximate surface area is 99.8 Å². The number of rotatable bonds is 2. The molecule has 0 aliphatic heterocycles. The van der Waals surface area contributed by atoms with Gasteiger partial charge in [0.1, 0.15) is 4.90 Å². The number of hydrogen-bond acceptors (Lipinski definition) is 4. The van der Waals surface area contributed by atoms with Gasteiger partial charge in [-0.1, -0.05) is 0 Å². The number of anilines is 1. The number of nitrogens with two attached hydrogens (primary N) is 1. The molecule has 0 atom stereocenters. The van der Waals surface area contributed by atoms with Gasteiger partial charge in [0.2, 0.25) is 0 Å². The maximum atomic E-state index is 11.3. The zero-order valence-electron chi connectivity index (χ0n) is 9.58. The zero-order valence-corrected chi connectivity index (χ0v) is 10.4. The fourth-order valence-corrected chi connectivity index (χ4v) is 1.97. The molecular weight excluding hydrogens is 238 g/mol. The zero-order chi connectivity index (χ0) is 12.6. The van der Waals surface area contributed by atoms with Crippen molar-refractivity contribution in [1.82, 2.24) is 9.78 Å². The molecule has 17 heavy (non-hydrogen) atoms. The summed E-state index contributed by atoms with van der Waals surface area (Å²) in [5.41, 5.74) is 8.13. The maximum Gasteiger partial charge on any atom is 0.178 e. The van der Waals surface area contributed by atoms with Crippen LogP contribution in [0.5, 0.6) is 0 Å². The number of hydrogen-bond donors (Lipinski definition) is 1. The number of aromatic nitrogens is 2. The van der Waals surface area contributed by atoms with Gasteiger partial charge >= 0.3 is 0 Å². The van der Waals surface area contributed by atoms with Crippen LogP contribution < -0.4 is 5.73 Å². The summed E-state index contributed by atoms with van der Waals surface area (Å²) in [4.78, 5) is 0.201. The van der Waals surface area contributed by atoms with Crippen LogP contribution in [0.25, 0.3) is 5.69 Å². The fraction of sp³-hybridized carbons (Fsp3) is 0.182. The van der Waals surface area contributed by atoms with Crippen LogP contribution in [-0.4, -0.2) is 24.5 Å². The summed E-state index contributed by atoms with van der Waals surface area (Å²) in [7, 11) is -3.22. The highest BCUT2D eigenvalue weighted by molar-refractivity contribution is 7.90. The molecule has 0 aliphatic carbocycles. The molecule has 1 aromatic heterocycles. The standard InChI is InChI=1S/C11H13N3O2S/c1-8-5-9(3-4-11(8)12)14-7-10(6-13-14)17(2,15)16/h3-7H,12H2,1-2H3. The molecule has 5 nitrogen and oxygen atoms in total. The Morgan fingerprint density at radius 1 is 1.35 bits per heavy atom. The Hall–Kier alpha value is -1.82. The molecule has 90 valence electrons. The molecule has 2 N–H and O–H groups in total. The lowest BCUT2D eigenvalue weighted by atomic mass is 10.2. The van der Waals surface area contributed by atoms with Gasteiger partial charge in [-0.3, -0.25) is 0 Å². The van der Waals surface area contributed by atoms with Gasteiger partial charge < -0.3 is 5.73 Å². The highest BCUT2D eigenvalue weighted by atomic mass is 32.2.